The van der Waals surface area contributed by atoms with E-state index in [1.807, 2.05) is 18.3 Å². The van der Waals surface area contributed by atoms with Gasteiger partial charge in [0.05, 0.1) is 11.4 Å². The third kappa shape index (κ3) is 3.32. The lowest BCUT2D eigenvalue weighted by molar-refractivity contribution is 0.0823. The van der Waals surface area contributed by atoms with Crippen LogP contribution in [0.4, 0.5) is 5.82 Å². The Morgan fingerprint density at radius 3 is 2.70 bits per heavy atom. The number of nitrogens with one attached hydrogen (secondary N) is 1. The van der Waals surface area contributed by atoms with Crippen LogP contribution in [0.25, 0.3) is 10.6 Å². The van der Waals surface area contributed by atoms with Gasteiger partial charge in [-0.05, 0) is 37.8 Å². The predicted octanol–water partition coefficient (Wildman–Crippen LogP) is 2.64. The van der Waals surface area contributed by atoms with Crippen molar-refractivity contribution in [2.24, 2.45) is 5.73 Å². The fourth-order valence-electron chi connectivity index (χ4n) is 3.55. The van der Waals surface area contributed by atoms with E-state index in [-0.39, 0.29) is 5.91 Å². The largest absolute Gasteiger partial charge is 0.403 e. The highest BCUT2D eigenvalue weighted by Crippen LogP contribution is 2.32. The number of fused-ring (bicyclic) bond motifs is 1. The summed E-state index contributed by atoms with van der Waals surface area (Å²) in [6.07, 6.45) is 8.23. The fourth-order valence-corrected chi connectivity index (χ4v) is 4.60. The minimum Gasteiger partial charge on any atom is -0.403 e. The molecule has 0 aliphatic carbocycles. The highest BCUT2D eigenvalue weighted by Gasteiger charge is 2.28. The van der Waals surface area contributed by atoms with E-state index in [0.717, 1.165) is 54.2 Å². The van der Waals surface area contributed by atoms with Gasteiger partial charge in [-0.3, -0.25) is 4.79 Å². The minimum atomic E-state index is -0.131. The Morgan fingerprint density at radius 2 is 2.04 bits per heavy atom. The summed E-state index contributed by atoms with van der Waals surface area (Å²) in [4.78, 5) is 26.7. The second kappa shape index (κ2) is 7.48. The lowest BCUT2D eigenvalue weighted by Gasteiger charge is -2.20. The van der Waals surface area contributed by atoms with Crippen molar-refractivity contribution in [1.29, 1.82) is 5.41 Å². The van der Waals surface area contributed by atoms with Crippen LogP contribution >= 0.6 is 11.3 Å². The number of carbonyl (C=O) groups excluding carboxylic acids is 1. The molecule has 7 nitrogen and oxygen atoms in total. The van der Waals surface area contributed by atoms with Crippen LogP contribution < -0.4 is 10.6 Å². The van der Waals surface area contributed by atoms with E-state index in [4.69, 9.17) is 16.1 Å². The Balaban J connectivity index is 1.62. The molecule has 8 heteroatoms. The zero-order valence-electron chi connectivity index (χ0n) is 15.0. The van der Waals surface area contributed by atoms with Gasteiger partial charge in [0.1, 0.15) is 15.7 Å². The number of hydrogen-bond acceptors (Lipinski definition) is 7. The van der Waals surface area contributed by atoms with Gasteiger partial charge < -0.3 is 20.9 Å². The van der Waals surface area contributed by atoms with E-state index in [9.17, 15) is 4.79 Å². The van der Waals surface area contributed by atoms with Crippen LogP contribution in [0.3, 0.4) is 0 Å². The van der Waals surface area contributed by atoms with Gasteiger partial charge in [0.15, 0.2) is 0 Å². The van der Waals surface area contributed by atoms with Gasteiger partial charge in [-0.25, -0.2) is 9.97 Å². The summed E-state index contributed by atoms with van der Waals surface area (Å²) in [6, 6.07) is 4.07. The monoisotopic (exact) mass is 382 g/mol. The van der Waals surface area contributed by atoms with Crippen molar-refractivity contribution in [2.75, 3.05) is 24.5 Å². The summed E-state index contributed by atoms with van der Waals surface area (Å²) in [5, 5.41) is 8.29. The number of anilines is 1. The van der Waals surface area contributed by atoms with E-state index in [0.29, 0.717) is 17.1 Å². The smallest absolute Gasteiger partial charge is 0.270 e. The first-order chi connectivity index (χ1) is 13.2. The first-order valence-corrected chi connectivity index (χ1v) is 9.98. The molecule has 0 unspecified atom stereocenters. The number of rotatable bonds is 4. The molecule has 27 heavy (non-hydrogen) atoms. The normalized spacial score (nSPS) is 17.8. The summed E-state index contributed by atoms with van der Waals surface area (Å²) in [5.74, 6) is 0.869. The van der Waals surface area contributed by atoms with Crippen molar-refractivity contribution in [3.63, 3.8) is 0 Å². The quantitative estimate of drug-likeness (QED) is 0.792. The molecule has 2 aromatic heterocycles. The number of allylic oxidation sites excluding steroid dienone is 1. The lowest BCUT2D eigenvalue weighted by Crippen LogP contribution is -2.31. The number of amides is 1. The van der Waals surface area contributed by atoms with Crippen molar-refractivity contribution < 1.29 is 4.79 Å². The van der Waals surface area contributed by atoms with Crippen LogP contribution in [0.5, 0.6) is 0 Å². The number of nitrogens with two attached hydrogens (primary N) is 1. The number of aromatic nitrogens is 2. The van der Waals surface area contributed by atoms with Gasteiger partial charge in [-0.15, -0.1) is 11.3 Å². The molecule has 0 radical (unpaired) electrons. The molecular weight excluding hydrogens is 360 g/mol. The fraction of sp³-hybridized carbons (Fsp3) is 0.368. The van der Waals surface area contributed by atoms with E-state index in [2.05, 4.69) is 9.88 Å². The lowest BCUT2D eigenvalue weighted by atomic mass is 10.2. The number of carbonyl (C=O) groups is 1. The summed E-state index contributed by atoms with van der Waals surface area (Å²) in [6.45, 7) is 2.67. The molecule has 140 valence electrons. The number of pyridine rings is 1. The molecule has 4 rings (SSSR count). The average Bonchev–Trinajstić information content (AvgIpc) is 3.35. The molecule has 1 saturated heterocycles. The maximum absolute atomic E-state index is 12.9. The zero-order chi connectivity index (χ0) is 18.8. The second-order valence-corrected chi connectivity index (χ2v) is 7.69. The van der Waals surface area contributed by atoms with Gasteiger partial charge >= 0.3 is 0 Å². The standard InChI is InChI=1S/C19H22N6OS/c20-10-14(11-21)25-9-3-4-15-17(19(25)26)27-18(23-15)13-5-6-16(22-12-13)24-7-1-2-8-24/h5-6,10-12,20H,1-4,7-9,21H2/b14-11+,20-10?. The molecule has 0 saturated carbocycles. The molecular formula is C19H22N6OS. The van der Waals surface area contributed by atoms with Crippen molar-refractivity contribution in [3.8, 4) is 10.6 Å². The van der Waals surface area contributed by atoms with Crippen LogP contribution in [0.1, 0.15) is 34.6 Å². The SMILES string of the molecule is N=C/C(=C\N)N1CCCc2nc(-c3ccc(N4CCCC4)nc3)sc2C1=O. The van der Waals surface area contributed by atoms with E-state index < -0.39 is 0 Å². The molecule has 1 fully saturated rings. The first-order valence-electron chi connectivity index (χ1n) is 9.16. The van der Waals surface area contributed by atoms with E-state index in [1.165, 1.54) is 30.4 Å². The molecule has 2 aliphatic rings. The molecule has 1 amide bonds. The van der Waals surface area contributed by atoms with Crippen molar-refractivity contribution >= 4 is 29.3 Å². The Kier molecular flexibility index (Phi) is 4.89. The van der Waals surface area contributed by atoms with Gasteiger partial charge in [0.25, 0.3) is 5.91 Å². The van der Waals surface area contributed by atoms with Gasteiger partial charge in [-0.1, -0.05) is 0 Å². The summed E-state index contributed by atoms with van der Waals surface area (Å²) in [5.41, 5.74) is 7.75. The zero-order valence-corrected chi connectivity index (χ0v) is 15.8. The predicted molar refractivity (Wildman–Crippen MR) is 107 cm³/mol. The Labute approximate surface area is 162 Å². The van der Waals surface area contributed by atoms with Gasteiger partial charge in [0, 0.05) is 43.8 Å². The third-order valence-corrected chi connectivity index (χ3v) is 6.12. The maximum atomic E-state index is 12.9. The van der Waals surface area contributed by atoms with Crippen molar-refractivity contribution in [2.45, 2.75) is 25.7 Å². The molecule has 0 atom stereocenters. The second-order valence-electron chi connectivity index (χ2n) is 6.69. The summed E-state index contributed by atoms with van der Waals surface area (Å²) >= 11 is 1.39. The Hall–Kier alpha value is -2.74. The van der Waals surface area contributed by atoms with Crippen LogP contribution in [0.15, 0.2) is 30.2 Å². The summed E-state index contributed by atoms with van der Waals surface area (Å²) < 4.78 is 0. The topological polar surface area (TPSA) is 99.2 Å². The minimum absolute atomic E-state index is 0.131. The van der Waals surface area contributed by atoms with E-state index >= 15 is 0 Å². The highest BCUT2D eigenvalue weighted by molar-refractivity contribution is 7.17. The van der Waals surface area contributed by atoms with Gasteiger partial charge in [-0.2, -0.15) is 0 Å². The first kappa shape index (κ1) is 17.7. The third-order valence-electron chi connectivity index (χ3n) is 4.99. The van der Waals surface area contributed by atoms with Crippen molar-refractivity contribution in [1.82, 2.24) is 14.9 Å². The molecule has 2 aromatic rings. The van der Waals surface area contributed by atoms with Crippen LogP contribution in [-0.2, 0) is 6.42 Å². The molecule has 0 bridgehead atoms. The Bertz CT molecular complexity index is 882. The molecule has 0 aromatic carbocycles. The van der Waals surface area contributed by atoms with Gasteiger partial charge in [0.2, 0.25) is 0 Å². The molecule has 4 heterocycles. The average molecular weight is 382 g/mol. The molecule has 0 spiro atoms. The number of nitrogens with zero attached hydrogens (tertiary/aromatic N) is 4. The summed E-state index contributed by atoms with van der Waals surface area (Å²) in [7, 11) is 0. The molecule has 3 N–H and O–H groups in total. The van der Waals surface area contributed by atoms with Crippen LogP contribution in [0, 0.1) is 5.41 Å². The number of hydrogen-bond donors (Lipinski definition) is 2. The van der Waals surface area contributed by atoms with Crippen molar-refractivity contribution in [3.05, 3.63) is 40.8 Å². The maximum Gasteiger partial charge on any atom is 0.270 e. The molecule has 2 aliphatic heterocycles. The van der Waals surface area contributed by atoms with E-state index in [1.54, 1.807) is 4.90 Å². The van der Waals surface area contributed by atoms with Crippen LogP contribution in [0.2, 0.25) is 0 Å². The van der Waals surface area contributed by atoms with Crippen LogP contribution in [-0.4, -0.2) is 46.6 Å². The number of aryl methyl sites for hydroxylation is 1. The number of thiazole rings is 1. The highest BCUT2D eigenvalue weighted by atomic mass is 32.1. The Morgan fingerprint density at radius 1 is 1.22 bits per heavy atom.